The molecule has 10 nitrogen and oxygen atoms in total. The summed E-state index contributed by atoms with van der Waals surface area (Å²) in [5.74, 6) is 0. The molecule has 4 amide bonds. The topological polar surface area (TPSA) is 68.8 Å². The molecule has 43 heavy (non-hydrogen) atoms. The van der Waals surface area contributed by atoms with Crippen molar-refractivity contribution in [3.8, 4) is 0 Å². The van der Waals surface area contributed by atoms with Gasteiger partial charge in [-0.25, -0.2) is 9.59 Å². The van der Waals surface area contributed by atoms with Crippen LogP contribution in [0.15, 0.2) is 0 Å². The molecule has 0 radical (unpaired) electrons. The van der Waals surface area contributed by atoms with Crippen LogP contribution in [0.25, 0.3) is 0 Å². The molecular formula is C32H67FN8O2. The van der Waals surface area contributed by atoms with Gasteiger partial charge in [0.05, 0.1) is 6.04 Å². The molecule has 1 rings (SSSR count). The van der Waals surface area contributed by atoms with Crippen molar-refractivity contribution in [2.75, 3.05) is 115 Å². The van der Waals surface area contributed by atoms with Crippen molar-refractivity contribution in [1.29, 1.82) is 0 Å². The fourth-order valence-electron chi connectivity index (χ4n) is 6.49. The Morgan fingerprint density at radius 2 is 1.05 bits per heavy atom. The SMILES string of the molecule is CN(C)CCCN(CCCN(C)C)C(=O)NCC1(C)CC(N(F)C(=O)N(CCCN(C)C)CCCN(C)C)CC(C)(C)C1. The lowest BCUT2D eigenvalue weighted by molar-refractivity contribution is -0.0574. The maximum atomic E-state index is 16.0. The molecule has 1 aliphatic carbocycles. The van der Waals surface area contributed by atoms with E-state index < -0.39 is 12.1 Å². The Bertz CT molecular complexity index is 782. The number of halogens is 1. The number of carbonyl (C=O) groups excluding carboxylic acids is 2. The molecule has 1 saturated carbocycles. The van der Waals surface area contributed by atoms with Crippen LogP contribution in [0, 0.1) is 10.8 Å². The number of nitrogens with one attached hydrogen (secondary N) is 1. The number of hydrogen-bond donors (Lipinski definition) is 1. The van der Waals surface area contributed by atoms with E-state index in [4.69, 9.17) is 0 Å². The van der Waals surface area contributed by atoms with Crippen molar-refractivity contribution in [2.24, 2.45) is 10.8 Å². The lowest BCUT2D eigenvalue weighted by atomic mass is 9.62. The van der Waals surface area contributed by atoms with E-state index in [9.17, 15) is 9.59 Å². The van der Waals surface area contributed by atoms with Crippen LogP contribution in [0.5, 0.6) is 0 Å². The first-order chi connectivity index (χ1) is 19.9. The molecule has 0 bridgehead atoms. The number of nitrogens with zero attached hydrogens (tertiary/aromatic N) is 7. The summed E-state index contributed by atoms with van der Waals surface area (Å²) in [7, 11) is 16.2. The third-order valence-corrected chi connectivity index (χ3v) is 8.28. The van der Waals surface area contributed by atoms with Gasteiger partial charge in [0.2, 0.25) is 0 Å². The fraction of sp³-hybridized carbons (Fsp3) is 0.938. The minimum atomic E-state index is -0.528. The molecule has 0 saturated heterocycles. The van der Waals surface area contributed by atoms with Gasteiger partial charge in [0.1, 0.15) is 0 Å². The van der Waals surface area contributed by atoms with E-state index in [-0.39, 0.29) is 16.9 Å². The van der Waals surface area contributed by atoms with Crippen molar-refractivity contribution in [2.45, 2.75) is 71.8 Å². The molecular weight excluding hydrogens is 547 g/mol. The van der Waals surface area contributed by atoms with Crippen molar-refractivity contribution >= 4 is 12.1 Å². The Hall–Kier alpha value is -1.69. The summed E-state index contributed by atoms with van der Waals surface area (Å²) in [6.07, 6.45) is 5.39. The number of rotatable bonds is 19. The quantitative estimate of drug-likeness (QED) is 0.222. The summed E-state index contributed by atoms with van der Waals surface area (Å²) in [4.78, 5) is 39.0. The number of hydrogen-bond acceptors (Lipinski definition) is 6. The highest BCUT2D eigenvalue weighted by Gasteiger charge is 2.45. The summed E-state index contributed by atoms with van der Waals surface area (Å²) >= 11 is 0. The van der Waals surface area contributed by atoms with Crippen LogP contribution in [0.4, 0.5) is 14.1 Å². The van der Waals surface area contributed by atoms with Crippen LogP contribution in [0.1, 0.15) is 65.7 Å². The average Bonchev–Trinajstić information content (AvgIpc) is 2.87. The smallest absolute Gasteiger partial charge is 0.337 e. The Balaban J connectivity index is 2.95. The second-order valence-corrected chi connectivity index (χ2v) is 15.1. The van der Waals surface area contributed by atoms with E-state index in [0.717, 1.165) is 58.3 Å². The number of carbonyl (C=O) groups is 2. The lowest BCUT2D eigenvalue weighted by Gasteiger charge is -2.48. The van der Waals surface area contributed by atoms with Crippen LogP contribution in [0.3, 0.4) is 0 Å². The van der Waals surface area contributed by atoms with Crippen molar-refractivity contribution in [3.05, 3.63) is 0 Å². The molecule has 1 N–H and O–H groups in total. The minimum Gasteiger partial charge on any atom is -0.337 e. The zero-order valence-corrected chi connectivity index (χ0v) is 29.7. The normalized spacial score (nSPS) is 20.2. The van der Waals surface area contributed by atoms with Gasteiger partial charge in [-0.15, -0.1) is 0 Å². The van der Waals surface area contributed by atoms with Gasteiger partial charge in [0.15, 0.2) is 0 Å². The molecule has 2 atom stereocenters. The molecule has 0 aromatic rings. The largest absolute Gasteiger partial charge is 0.348 e. The molecule has 254 valence electrons. The summed E-state index contributed by atoms with van der Waals surface area (Å²) in [6, 6.07) is -1.11. The second-order valence-electron chi connectivity index (χ2n) is 15.1. The van der Waals surface area contributed by atoms with Gasteiger partial charge in [0, 0.05) is 32.7 Å². The van der Waals surface area contributed by atoms with Crippen molar-refractivity contribution < 1.29 is 14.1 Å². The van der Waals surface area contributed by atoms with Crippen LogP contribution >= 0.6 is 0 Å². The zero-order chi connectivity index (χ0) is 32.8. The molecule has 0 aromatic heterocycles. The zero-order valence-electron chi connectivity index (χ0n) is 29.7. The third-order valence-electron chi connectivity index (χ3n) is 8.28. The molecule has 1 fully saturated rings. The summed E-state index contributed by atoms with van der Waals surface area (Å²) in [5, 5.41) is 3.72. The van der Waals surface area contributed by atoms with Gasteiger partial charge >= 0.3 is 12.1 Å². The van der Waals surface area contributed by atoms with E-state index in [0.29, 0.717) is 50.7 Å². The summed E-state index contributed by atoms with van der Waals surface area (Å²) in [5.41, 5.74) is -0.489. The van der Waals surface area contributed by atoms with E-state index in [1.165, 1.54) is 0 Å². The molecule has 0 aromatic carbocycles. The average molecular weight is 615 g/mol. The van der Waals surface area contributed by atoms with E-state index in [1.807, 2.05) is 61.3 Å². The molecule has 11 heteroatoms. The molecule has 0 aliphatic heterocycles. The molecule has 0 spiro atoms. The maximum absolute atomic E-state index is 16.0. The Labute approximate surface area is 263 Å². The van der Waals surface area contributed by atoms with Crippen LogP contribution in [-0.4, -0.2) is 168 Å². The van der Waals surface area contributed by atoms with Crippen LogP contribution in [0.2, 0.25) is 0 Å². The fourth-order valence-corrected chi connectivity index (χ4v) is 6.49. The first-order valence-corrected chi connectivity index (χ1v) is 16.3. The van der Waals surface area contributed by atoms with Crippen molar-refractivity contribution in [3.63, 3.8) is 0 Å². The Kier molecular flexibility index (Phi) is 17.3. The molecule has 1 aliphatic rings. The maximum Gasteiger partial charge on any atom is 0.348 e. The number of urea groups is 2. The van der Waals surface area contributed by atoms with Gasteiger partial charge in [-0.2, -0.15) is 5.12 Å². The van der Waals surface area contributed by atoms with Gasteiger partial charge in [0.25, 0.3) is 0 Å². The van der Waals surface area contributed by atoms with Gasteiger partial charge in [-0.3, -0.25) is 0 Å². The molecule has 0 heterocycles. The highest BCUT2D eigenvalue weighted by atomic mass is 19.2. The van der Waals surface area contributed by atoms with Gasteiger partial charge < -0.3 is 34.7 Å². The predicted molar refractivity (Wildman–Crippen MR) is 177 cm³/mol. The van der Waals surface area contributed by atoms with Gasteiger partial charge in [-0.1, -0.05) is 25.3 Å². The predicted octanol–water partition coefficient (Wildman–Crippen LogP) is 4.00. The first kappa shape index (κ1) is 39.3. The van der Waals surface area contributed by atoms with Crippen LogP contribution in [-0.2, 0) is 0 Å². The second kappa shape index (κ2) is 19.0. The molecule has 2 unspecified atom stereocenters. The van der Waals surface area contributed by atoms with Crippen LogP contribution < -0.4 is 5.32 Å². The minimum absolute atomic E-state index is 0.0557. The highest BCUT2D eigenvalue weighted by molar-refractivity contribution is 5.74. The number of amides is 4. The van der Waals surface area contributed by atoms with E-state index in [1.54, 1.807) is 4.90 Å². The van der Waals surface area contributed by atoms with Gasteiger partial charge in [-0.05, 0) is 138 Å². The standard InChI is InChI=1S/C32H67FN8O2/c1-31(2)24-28(41(33)30(43)40(22-14-18-37(8)9)23-15-19-38(10)11)25-32(3,26-31)27-34-29(42)39(20-12-16-35(4)5)21-13-17-36(6)7/h28H,12-27H2,1-11H3,(H,34,42). The van der Waals surface area contributed by atoms with E-state index >= 15 is 4.48 Å². The third kappa shape index (κ3) is 16.3. The Morgan fingerprint density at radius 1 is 0.651 bits per heavy atom. The Morgan fingerprint density at radius 3 is 1.44 bits per heavy atom. The van der Waals surface area contributed by atoms with E-state index in [2.05, 4.69) is 45.7 Å². The summed E-state index contributed by atoms with van der Waals surface area (Å²) < 4.78 is 16.0. The first-order valence-electron chi connectivity index (χ1n) is 16.3. The highest BCUT2D eigenvalue weighted by Crippen LogP contribution is 2.47. The van der Waals surface area contributed by atoms with Crippen molar-refractivity contribution in [1.82, 2.24) is 39.8 Å². The monoisotopic (exact) mass is 615 g/mol. The summed E-state index contributed by atoms with van der Waals surface area (Å²) in [6.45, 7) is 12.9. The lowest BCUT2D eigenvalue weighted by Crippen LogP contribution is -2.53.